The average Bonchev–Trinajstić information content (AvgIpc) is 2.68. The van der Waals surface area contributed by atoms with Crippen LogP contribution in [0.5, 0.6) is 0 Å². The number of hydrogen-bond acceptors (Lipinski definition) is 5. The van der Waals surface area contributed by atoms with Gasteiger partial charge in [-0.25, -0.2) is 13.6 Å². The van der Waals surface area contributed by atoms with Gasteiger partial charge in [0.25, 0.3) is 5.69 Å². The molecule has 0 saturated carbocycles. The number of nitro groups is 1. The average molecular weight is 409 g/mol. The first-order valence-electron chi connectivity index (χ1n) is 8.60. The molecule has 8 heteroatoms. The number of benzene rings is 3. The minimum Gasteiger partial charge on any atom is -0.356 e. The van der Waals surface area contributed by atoms with E-state index in [-0.39, 0.29) is 10.6 Å². The Morgan fingerprint density at radius 1 is 1.07 bits per heavy atom. The molecule has 0 fully saturated rings. The normalized spacial score (nSPS) is 11.1. The number of nitrogens with two attached hydrogens (primary N) is 1. The second kappa shape index (κ2) is 7.86. The molecule has 3 aromatic carbocycles. The molecule has 0 aliphatic carbocycles. The summed E-state index contributed by atoms with van der Waals surface area (Å²) in [7, 11) is -3.85. The maximum atomic E-state index is 11.8. The molecule has 0 atom stereocenters. The third-order valence-corrected chi connectivity index (χ3v) is 5.41. The van der Waals surface area contributed by atoms with E-state index >= 15 is 0 Å². The van der Waals surface area contributed by atoms with E-state index in [1.165, 1.54) is 18.2 Å². The van der Waals surface area contributed by atoms with Gasteiger partial charge >= 0.3 is 0 Å². The molecule has 0 bridgehead atoms. The highest BCUT2D eigenvalue weighted by atomic mass is 32.2. The standard InChI is InChI=1S/C21H19N3O4S/c1-14-7-12-18(24(25)26)13-20(14)15(2)23-17-10-8-16(9-11-17)19-5-3-4-6-21(19)29(22,27)28/h3-13,23H,2H2,1H3,(H2,22,27,28). The summed E-state index contributed by atoms with van der Waals surface area (Å²) in [5, 5.41) is 19.5. The molecule has 0 aromatic heterocycles. The van der Waals surface area contributed by atoms with E-state index in [0.717, 1.165) is 5.56 Å². The van der Waals surface area contributed by atoms with Crippen molar-refractivity contribution in [1.29, 1.82) is 0 Å². The van der Waals surface area contributed by atoms with E-state index in [4.69, 9.17) is 5.14 Å². The number of rotatable bonds is 6. The van der Waals surface area contributed by atoms with Gasteiger partial charge in [0.15, 0.2) is 0 Å². The van der Waals surface area contributed by atoms with Crippen molar-refractivity contribution in [2.24, 2.45) is 5.14 Å². The zero-order valence-electron chi connectivity index (χ0n) is 15.6. The van der Waals surface area contributed by atoms with Gasteiger partial charge in [0.2, 0.25) is 10.0 Å². The van der Waals surface area contributed by atoms with Crippen molar-refractivity contribution >= 4 is 27.1 Å². The zero-order valence-corrected chi connectivity index (χ0v) is 16.4. The van der Waals surface area contributed by atoms with Gasteiger partial charge in [-0.1, -0.05) is 43.0 Å². The lowest BCUT2D eigenvalue weighted by atomic mass is 10.0. The van der Waals surface area contributed by atoms with Crippen LogP contribution in [0.2, 0.25) is 0 Å². The maximum absolute atomic E-state index is 11.8. The molecule has 0 saturated heterocycles. The summed E-state index contributed by atoms with van der Waals surface area (Å²) in [6, 6.07) is 18.2. The molecule has 3 aromatic rings. The third kappa shape index (κ3) is 4.50. The van der Waals surface area contributed by atoms with E-state index in [1.807, 2.05) is 6.92 Å². The van der Waals surface area contributed by atoms with Gasteiger partial charge in [-0.15, -0.1) is 0 Å². The van der Waals surface area contributed by atoms with Crippen LogP contribution in [0.4, 0.5) is 11.4 Å². The second-order valence-corrected chi connectivity index (χ2v) is 8.01. The summed E-state index contributed by atoms with van der Waals surface area (Å²) >= 11 is 0. The van der Waals surface area contributed by atoms with Crippen LogP contribution in [0.15, 0.2) is 78.2 Å². The van der Waals surface area contributed by atoms with Crippen molar-refractivity contribution in [2.45, 2.75) is 11.8 Å². The van der Waals surface area contributed by atoms with Crippen LogP contribution in [-0.2, 0) is 10.0 Å². The minimum absolute atomic E-state index is 0.0106. The van der Waals surface area contributed by atoms with Gasteiger partial charge < -0.3 is 5.32 Å². The summed E-state index contributed by atoms with van der Waals surface area (Å²) < 4.78 is 23.6. The highest BCUT2D eigenvalue weighted by Gasteiger charge is 2.15. The molecule has 0 heterocycles. The van der Waals surface area contributed by atoms with E-state index in [0.29, 0.717) is 28.1 Å². The number of nitrogens with zero attached hydrogens (tertiary/aromatic N) is 1. The van der Waals surface area contributed by atoms with E-state index in [2.05, 4.69) is 11.9 Å². The summed E-state index contributed by atoms with van der Waals surface area (Å²) in [5.74, 6) is 0. The molecule has 0 aliphatic rings. The molecule has 3 N–H and O–H groups in total. The Hall–Kier alpha value is -3.49. The van der Waals surface area contributed by atoms with Gasteiger partial charge in [-0.05, 0) is 36.2 Å². The highest BCUT2D eigenvalue weighted by molar-refractivity contribution is 7.89. The number of hydrogen-bond donors (Lipinski definition) is 2. The second-order valence-electron chi connectivity index (χ2n) is 6.48. The van der Waals surface area contributed by atoms with E-state index < -0.39 is 14.9 Å². The molecule has 0 spiro atoms. The Labute approximate surface area is 168 Å². The van der Waals surface area contributed by atoms with Gasteiger partial charge in [0.05, 0.1) is 9.82 Å². The molecule has 0 aliphatic heterocycles. The molecule has 0 amide bonds. The van der Waals surface area contributed by atoms with Crippen LogP contribution in [-0.4, -0.2) is 13.3 Å². The first-order chi connectivity index (χ1) is 13.7. The largest absolute Gasteiger partial charge is 0.356 e. The zero-order chi connectivity index (χ0) is 21.2. The quantitative estimate of drug-likeness (QED) is 0.465. The van der Waals surface area contributed by atoms with Crippen molar-refractivity contribution < 1.29 is 13.3 Å². The molecular formula is C21H19N3O4S. The summed E-state index contributed by atoms with van der Waals surface area (Å²) in [6.07, 6.45) is 0. The van der Waals surface area contributed by atoms with Gasteiger partial charge in [0, 0.05) is 34.6 Å². The van der Waals surface area contributed by atoms with E-state index in [9.17, 15) is 18.5 Å². The molecule has 0 radical (unpaired) electrons. The van der Waals surface area contributed by atoms with Gasteiger partial charge in [-0.2, -0.15) is 0 Å². The molecule has 3 rings (SSSR count). The van der Waals surface area contributed by atoms with Crippen LogP contribution in [0.1, 0.15) is 11.1 Å². The molecule has 0 unspecified atom stereocenters. The van der Waals surface area contributed by atoms with Crippen LogP contribution in [0, 0.1) is 17.0 Å². The fourth-order valence-electron chi connectivity index (χ4n) is 2.98. The monoisotopic (exact) mass is 409 g/mol. The number of primary sulfonamides is 1. The lowest BCUT2D eigenvalue weighted by molar-refractivity contribution is -0.384. The SMILES string of the molecule is C=C(Nc1ccc(-c2ccccc2S(N)(=O)=O)cc1)c1cc([N+](=O)[O-])ccc1C. The smallest absolute Gasteiger partial charge is 0.270 e. The van der Waals surface area contributed by atoms with Crippen molar-refractivity contribution in [3.8, 4) is 11.1 Å². The Balaban J connectivity index is 1.87. The highest BCUT2D eigenvalue weighted by Crippen LogP contribution is 2.29. The molecule has 7 nitrogen and oxygen atoms in total. The predicted molar refractivity (Wildman–Crippen MR) is 114 cm³/mol. The lowest BCUT2D eigenvalue weighted by Crippen LogP contribution is -2.13. The number of non-ortho nitro benzene ring substituents is 1. The Bertz CT molecular complexity index is 1200. The Morgan fingerprint density at radius 3 is 2.34 bits per heavy atom. The fourth-order valence-corrected chi connectivity index (χ4v) is 3.74. The van der Waals surface area contributed by atoms with Crippen LogP contribution in [0.3, 0.4) is 0 Å². The van der Waals surface area contributed by atoms with Crippen molar-refractivity contribution in [2.75, 3.05) is 5.32 Å². The van der Waals surface area contributed by atoms with Crippen LogP contribution >= 0.6 is 0 Å². The van der Waals surface area contributed by atoms with Crippen molar-refractivity contribution in [3.63, 3.8) is 0 Å². The first kappa shape index (κ1) is 20.2. The number of sulfonamides is 1. The Morgan fingerprint density at radius 2 is 1.72 bits per heavy atom. The van der Waals surface area contributed by atoms with Crippen LogP contribution in [0.25, 0.3) is 16.8 Å². The fraction of sp³-hybridized carbons (Fsp3) is 0.0476. The molecular weight excluding hydrogens is 390 g/mol. The van der Waals surface area contributed by atoms with Gasteiger partial charge in [0.1, 0.15) is 0 Å². The molecule has 29 heavy (non-hydrogen) atoms. The van der Waals surface area contributed by atoms with E-state index in [1.54, 1.807) is 48.5 Å². The van der Waals surface area contributed by atoms with Gasteiger partial charge in [-0.3, -0.25) is 10.1 Å². The lowest BCUT2D eigenvalue weighted by Gasteiger charge is -2.13. The number of nitrogens with one attached hydrogen (secondary N) is 1. The summed E-state index contributed by atoms with van der Waals surface area (Å²) in [5.41, 5.74) is 3.91. The number of anilines is 1. The molecule has 148 valence electrons. The summed E-state index contributed by atoms with van der Waals surface area (Å²) in [4.78, 5) is 10.6. The maximum Gasteiger partial charge on any atom is 0.270 e. The topological polar surface area (TPSA) is 115 Å². The first-order valence-corrected chi connectivity index (χ1v) is 10.1. The van der Waals surface area contributed by atoms with Crippen molar-refractivity contribution in [1.82, 2.24) is 0 Å². The van der Waals surface area contributed by atoms with Crippen LogP contribution < -0.4 is 10.5 Å². The van der Waals surface area contributed by atoms with Crippen molar-refractivity contribution in [3.05, 3.63) is 94.6 Å². The predicted octanol–water partition coefficient (Wildman–Crippen LogP) is 4.30. The number of aryl methyl sites for hydroxylation is 1. The minimum atomic E-state index is -3.85. The third-order valence-electron chi connectivity index (χ3n) is 4.44. The summed E-state index contributed by atoms with van der Waals surface area (Å²) in [6.45, 7) is 5.83. The number of nitro benzene ring substituents is 1. The Kier molecular flexibility index (Phi) is 5.49.